The molecular formula is C16H19Cl2N5O5S. The lowest BCUT2D eigenvalue weighted by Crippen LogP contribution is -2.29. The van der Waals surface area contributed by atoms with Crippen molar-refractivity contribution in [2.45, 2.75) is 25.3 Å². The number of hydrogen-bond donors (Lipinski definition) is 1. The molecule has 1 amide bonds. The summed E-state index contributed by atoms with van der Waals surface area (Å²) in [4.78, 5) is 22.8. The third-order valence-electron chi connectivity index (χ3n) is 4.16. The predicted molar refractivity (Wildman–Crippen MR) is 108 cm³/mol. The predicted octanol–water partition coefficient (Wildman–Crippen LogP) is 2.40. The Labute approximate surface area is 177 Å². The molecule has 1 aromatic heterocycles. The summed E-state index contributed by atoms with van der Waals surface area (Å²) in [5.74, 6) is -0.613. The van der Waals surface area contributed by atoms with Gasteiger partial charge in [0, 0.05) is 20.6 Å². The number of sulfonamides is 1. The number of carbonyl (C=O) groups excluding carboxylic acids is 1. The molecule has 0 aliphatic heterocycles. The van der Waals surface area contributed by atoms with Gasteiger partial charge in [-0.2, -0.15) is 5.10 Å². The summed E-state index contributed by atoms with van der Waals surface area (Å²) in [6, 6.07) is 2.31. The lowest BCUT2D eigenvalue weighted by atomic mass is 10.2. The third kappa shape index (κ3) is 4.69. The number of nitro groups is 1. The molecule has 0 atom stereocenters. The van der Waals surface area contributed by atoms with Gasteiger partial charge in [0.1, 0.15) is 16.3 Å². The van der Waals surface area contributed by atoms with Gasteiger partial charge in [0.15, 0.2) is 0 Å². The molecule has 158 valence electrons. The van der Waals surface area contributed by atoms with Crippen molar-refractivity contribution in [1.82, 2.24) is 19.4 Å². The van der Waals surface area contributed by atoms with Gasteiger partial charge in [-0.15, -0.1) is 0 Å². The van der Waals surface area contributed by atoms with Gasteiger partial charge in [-0.25, -0.2) is 12.7 Å². The topological polar surface area (TPSA) is 127 Å². The van der Waals surface area contributed by atoms with Crippen molar-refractivity contribution in [1.29, 1.82) is 0 Å². The van der Waals surface area contributed by atoms with Crippen LogP contribution in [0.2, 0.25) is 10.0 Å². The summed E-state index contributed by atoms with van der Waals surface area (Å²) < 4.78 is 27.1. The number of amides is 1. The Morgan fingerprint density at radius 1 is 1.28 bits per heavy atom. The normalized spacial score (nSPS) is 11.7. The van der Waals surface area contributed by atoms with Gasteiger partial charge in [0.25, 0.3) is 5.91 Å². The molecule has 1 aromatic carbocycles. The number of hydrogen-bond acceptors (Lipinski definition) is 6. The summed E-state index contributed by atoms with van der Waals surface area (Å²) in [6.07, 6.45) is 0. The van der Waals surface area contributed by atoms with Crippen LogP contribution in [0, 0.1) is 24.0 Å². The largest absolute Gasteiger partial charge is 0.350 e. The Kier molecular flexibility index (Phi) is 6.89. The first-order chi connectivity index (χ1) is 13.4. The number of aromatic nitrogens is 2. The van der Waals surface area contributed by atoms with E-state index < -0.39 is 20.9 Å². The number of nitrogens with one attached hydrogen (secondary N) is 1. The highest BCUT2D eigenvalue weighted by atomic mass is 35.5. The zero-order valence-electron chi connectivity index (χ0n) is 16.1. The van der Waals surface area contributed by atoms with Crippen LogP contribution in [0.15, 0.2) is 17.0 Å². The second kappa shape index (κ2) is 8.66. The summed E-state index contributed by atoms with van der Waals surface area (Å²) in [6.45, 7) is 3.36. The van der Waals surface area contributed by atoms with Crippen LogP contribution >= 0.6 is 23.2 Å². The van der Waals surface area contributed by atoms with E-state index in [9.17, 15) is 23.3 Å². The van der Waals surface area contributed by atoms with Gasteiger partial charge in [0.05, 0.1) is 27.1 Å². The van der Waals surface area contributed by atoms with Gasteiger partial charge >= 0.3 is 5.69 Å². The van der Waals surface area contributed by atoms with E-state index in [0.29, 0.717) is 5.69 Å². The molecule has 0 aliphatic carbocycles. The first-order valence-corrected chi connectivity index (χ1v) is 10.5. The van der Waals surface area contributed by atoms with Crippen molar-refractivity contribution >= 4 is 44.8 Å². The van der Waals surface area contributed by atoms with Crippen LogP contribution in [0.5, 0.6) is 0 Å². The Morgan fingerprint density at radius 2 is 1.90 bits per heavy atom. The molecule has 0 radical (unpaired) electrons. The maximum absolute atomic E-state index is 12.5. The summed E-state index contributed by atoms with van der Waals surface area (Å²) >= 11 is 12.1. The van der Waals surface area contributed by atoms with Crippen molar-refractivity contribution in [2.24, 2.45) is 0 Å². The van der Waals surface area contributed by atoms with E-state index in [-0.39, 0.29) is 45.0 Å². The molecule has 0 saturated carbocycles. The highest BCUT2D eigenvalue weighted by Crippen LogP contribution is 2.30. The Hall–Kier alpha value is -2.21. The van der Waals surface area contributed by atoms with Gasteiger partial charge in [-0.05, 0) is 26.0 Å². The Bertz CT molecular complexity index is 1080. The molecule has 0 aliphatic rings. The molecule has 1 N–H and O–H groups in total. The van der Waals surface area contributed by atoms with Gasteiger partial charge in [-0.3, -0.25) is 19.6 Å². The molecule has 13 heteroatoms. The first-order valence-electron chi connectivity index (χ1n) is 8.26. The van der Waals surface area contributed by atoms with Gasteiger partial charge in [-0.1, -0.05) is 23.2 Å². The van der Waals surface area contributed by atoms with Crippen LogP contribution in [0.25, 0.3) is 0 Å². The molecule has 2 aromatic rings. The molecule has 0 fully saturated rings. The maximum atomic E-state index is 12.5. The smallest absolute Gasteiger partial charge is 0.312 e. The molecular weight excluding hydrogens is 445 g/mol. The van der Waals surface area contributed by atoms with Gasteiger partial charge < -0.3 is 5.32 Å². The van der Waals surface area contributed by atoms with Gasteiger partial charge in [0.2, 0.25) is 10.0 Å². The van der Waals surface area contributed by atoms with Crippen molar-refractivity contribution in [2.75, 3.05) is 20.6 Å². The van der Waals surface area contributed by atoms with E-state index in [4.69, 9.17) is 23.2 Å². The summed E-state index contributed by atoms with van der Waals surface area (Å²) in [7, 11) is -1.19. The minimum Gasteiger partial charge on any atom is -0.350 e. The van der Waals surface area contributed by atoms with Crippen LogP contribution < -0.4 is 5.32 Å². The van der Waals surface area contributed by atoms with E-state index in [1.54, 1.807) is 6.92 Å². The second-order valence-corrected chi connectivity index (χ2v) is 9.24. The van der Waals surface area contributed by atoms with Crippen LogP contribution in [-0.2, 0) is 16.6 Å². The number of nitrogens with zero attached hydrogens (tertiary/aromatic N) is 4. The molecule has 0 spiro atoms. The van der Waals surface area contributed by atoms with E-state index in [0.717, 1.165) is 10.4 Å². The van der Waals surface area contributed by atoms with E-state index in [2.05, 4.69) is 10.4 Å². The summed E-state index contributed by atoms with van der Waals surface area (Å²) in [5, 5.41) is 17.6. The van der Waals surface area contributed by atoms with Crippen molar-refractivity contribution in [3.63, 3.8) is 0 Å². The second-order valence-electron chi connectivity index (χ2n) is 6.31. The molecule has 10 nitrogen and oxygen atoms in total. The van der Waals surface area contributed by atoms with Crippen molar-refractivity contribution < 1.29 is 18.1 Å². The number of rotatable bonds is 7. The monoisotopic (exact) mass is 463 g/mol. The van der Waals surface area contributed by atoms with Crippen LogP contribution in [-0.4, -0.2) is 54.0 Å². The van der Waals surface area contributed by atoms with E-state index in [1.165, 1.54) is 31.8 Å². The Morgan fingerprint density at radius 3 is 2.41 bits per heavy atom. The zero-order chi connectivity index (χ0) is 22.1. The number of aryl methyl sites for hydroxylation is 1. The number of carbonyl (C=O) groups is 1. The lowest BCUT2D eigenvalue weighted by molar-refractivity contribution is -0.386. The fourth-order valence-electron chi connectivity index (χ4n) is 2.64. The van der Waals surface area contributed by atoms with Crippen molar-refractivity contribution in [3.05, 3.63) is 49.2 Å². The molecule has 0 bridgehead atoms. The van der Waals surface area contributed by atoms with Crippen LogP contribution in [0.1, 0.15) is 21.7 Å². The lowest BCUT2D eigenvalue weighted by Gasteiger charge is -2.15. The van der Waals surface area contributed by atoms with Crippen LogP contribution in [0.3, 0.4) is 0 Å². The molecule has 0 saturated heterocycles. The molecule has 1 heterocycles. The minimum absolute atomic E-state index is 0.00745. The van der Waals surface area contributed by atoms with E-state index in [1.807, 2.05) is 0 Å². The number of benzene rings is 1. The average Bonchev–Trinajstić information content (AvgIpc) is 2.88. The molecule has 29 heavy (non-hydrogen) atoms. The van der Waals surface area contributed by atoms with E-state index >= 15 is 0 Å². The quantitative estimate of drug-likeness (QED) is 0.495. The number of halogens is 2. The highest BCUT2D eigenvalue weighted by molar-refractivity contribution is 7.89. The fourth-order valence-corrected chi connectivity index (χ4v) is 4.36. The standard InChI is InChI=1S/C16H19Cl2N5O5S/c1-9-15(23(25)26)10(2)22(20-9)6-5-19-16(24)11-7-14(13(18)8-12(11)17)29(27,28)21(3)4/h7-8H,5-6H2,1-4H3,(H,19,24). The third-order valence-corrected chi connectivity index (χ3v) is 6.75. The van der Waals surface area contributed by atoms with Crippen LogP contribution in [0.4, 0.5) is 5.69 Å². The molecule has 2 rings (SSSR count). The molecule has 0 unspecified atom stereocenters. The fraction of sp³-hybridized carbons (Fsp3) is 0.375. The summed E-state index contributed by atoms with van der Waals surface area (Å²) in [5.41, 5.74) is 0.509. The average molecular weight is 464 g/mol. The highest BCUT2D eigenvalue weighted by Gasteiger charge is 2.25. The zero-order valence-corrected chi connectivity index (χ0v) is 18.4. The Balaban J connectivity index is 2.20. The maximum Gasteiger partial charge on any atom is 0.312 e. The minimum atomic E-state index is -3.87. The SMILES string of the molecule is Cc1nn(CCNC(=O)c2cc(S(=O)(=O)N(C)C)c(Cl)cc2Cl)c(C)c1[N+](=O)[O-]. The van der Waals surface area contributed by atoms with Crippen molar-refractivity contribution in [3.8, 4) is 0 Å². The first kappa shape index (κ1) is 23.1.